The maximum Gasteiger partial charge on any atom is 0.222 e. The first-order chi connectivity index (χ1) is 8.02. The molecule has 1 N–H and O–H groups in total. The van der Waals surface area contributed by atoms with Crippen molar-refractivity contribution in [2.24, 2.45) is 0 Å². The highest BCUT2D eigenvalue weighted by atomic mass is 16.3. The van der Waals surface area contributed by atoms with Crippen molar-refractivity contribution >= 4 is 5.91 Å². The van der Waals surface area contributed by atoms with E-state index in [2.05, 4.69) is 11.9 Å². The number of carbonyl (C=O) groups excluding carboxylic acids is 1. The number of rotatable bonds is 5. The third-order valence-electron chi connectivity index (χ3n) is 3.66. The van der Waals surface area contributed by atoms with Gasteiger partial charge in [-0.1, -0.05) is 12.8 Å². The summed E-state index contributed by atoms with van der Waals surface area (Å²) >= 11 is 0. The summed E-state index contributed by atoms with van der Waals surface area (Å²) < 4.78 is 0. The second kappa shape index (κ2) is 6.97. The SMILES string of the molecule is CN(C)C(=O)CCCN(C)C1CCCCC1O. The van der Waals surface area contributed by atoms with E-state index < -0.39 is 0 Å². The van der Waals surface area contributed by atoms with E-state index in [1.165, 1.54) is 6.42 Å². The van der Waals surface area contributed by atoms with Gasteiger partial charge in [-0.25, -0.2) is 0 Å². The molecule has 2 atom stereocenters. The Balaban J connectivity index is 2.24. The summed E-state index contributed by atoms with van der Waals surface area (Å²) in [7, 11) is 5.63. The van der Waals surface area contributed by atoms with Gasteiger partial charge in [0, 0.05) is 26.6 Å². The van der Waals surface area contributed by atoms with Crippen molar-refractivity contribution in [3.63, 3.8) is 0 Å². The quantitative estimate of drug-likeness (QED) is 0.785. The predicted octanol–water partition coefficient (Wildman–Crippen LogP) is 1.09. The van der Waals surface area contributed by atoms with Crippen LogP contribution in [0.2, 0.25) is 0 Å². The molecule has 1 aliphatic rings. The summed E-state index contributed by atoms with van der Waals surface area (Å²) in [6.07, 6.45) is 5.65. The summed E-state index contributed by atoms with van der Waals surface area (Å²) in [6.45, 7) is 0.890. The van der Waals surface area contributed by atoms with Crippen LogP contribution in [0.25, 0.3) is 0 Å². The van der Waals surface area contributed by atoms with Gasteiger partial charge in [0.2, 0.25) is 5.91 Å². The van der Waals surface area contributed by atoms with Crippen LogP contribution in [0.4, 0.5) is 0 Å². The van der Waals surface area contributed by atoms with Crippen LogP contribution >= 0.6 is 0 Å². The molecule has 0 aromatic carbocycles. The van der Waals surface area contributed by atoms with Crippen LogP contribution in [0.5, 0.6) is 0 Å². The molecule has 1 saturated carbocycles. The van der Waals surface area contributed by atoms with Gasteiger partial charge < -0.3 is 14.9 Å². The maximum atomic E-state index is 11.4. The molecule has 1 fully saturated rings. The molecular weight excluding hydrogens is 216 g/mol. The molecule has 0 aliphatic heterocycles. The lowest BCUT2D eigenvalue weighted by Crippen LogP contribution is -2.43. The summed E-state index contributed by atoms with van der Waals surface area (Å²) in [6, 6.07) is 0.290. The number of hydrogen-bond acceptors (Lipinski definition) is 3. The van der Waals surface area contributed by atoms with E-state index in [-0.39, 0.29) is 12.0 Å². The third-order valence-corrected chi connectivity index (χ3v) is 3.66. The zero-order valence-corrected chi connectivity index (χ0v) is 11.4. The second-order valence-corrected chi connectivity index (χ2v) is 5.29. The average Bonchev–Trinajstić information content (AvgIpc) is 2.29. The molecule has 0 radical (unpaired) electrons. The molecular formula is C13H26N2O2. The fourth-order valence-corrected chi connectivity index (χ4v) is 2.47. The number of aliphatic hydroxyl groups is 1. The van der Waals surface area contributed by atoms with E-state index in [1.54, 1.807) is 19.0 Å². The summed E-state index contributed by atoms with van der Waals surface area (Å²) in [5.74, 6) is 0.183. The van der Waals surface area contributed by atoms with Gasteiger partial charge in [0.1, 0.15) is 0 Å². The lowest BCUT2D eigenvalue weighted by molar-refractivity contribution is -0.128. The Bertz CT molecular complexity index is 244. The monoisotopic (exact) mass is 242 g/mol. The lowest BCUT2D eigenvalue weighted by Gasteiger charge is -2.35. The van der Waals surface area contributed by atoms with Crippen molar-refractivity contribution in [2.75, 3.05) is 27.7 Å². The molecule has 2 unspecified atom stereocenters. The largest absolute Gasteiger partial charge is 0.391 e. The van der Waals surface area contributed by atoms with E-state index >= 15 is 0 Å². The Morgan fingerprint density at radius 2 is 1.88 bits per heavy atom. The van der Waals surface area contributed by atoms with Crippen molar-refractivity contribution in [2.45, 2.75) is 50.7 Å². The fraction of sp³-hybridized carbons (Fsp3) is 0.923. The van der Waals surface area contributed by atoms with Gasteiger partial charge in [0.15, 0.2) is 0 Å². The van der Waals surface area contributed by atoms with Crippen LogP contribution in [0.15, 0.2) is 0 Å². The smallest absolute Gasteiger partial charge is 0.222 e. The van der Waals surface area contributed by atoms with Crippen molar-refractivity contribution in [3.05, 3.63) is 0 Å². The Kier molecular flexibility index (Phi) is 5.92. The first kappa shape index (κ1) is 14.5. The molecule has 0 heterocycles. The first-order valence-electron chi connectivity index (χ1n) is 6.61. The van der Waals surface area contributed by atoms with Crippen LogP contribution in [0.1, 0.15) is 38.5 Å². The minimum absolute atomic E-state index is 0.182. The molecule has 1 aliphatic carbocycles. The zero-order chi connectivity index (χ0) is 12.8. The van der Waals surface area contributed by atoms with Crippen molar-refractivity contribution in [1.82, 2.24) is 9.80 Å². The van der Waals surface area contributed by atoms with Gasteiger partial charge in [-0.15, -0.1) is 0 Å². The summed E-state index contributed by atoms with van der Waals surface area (Å²) in [5, 5.41) is 9.92. The Hall–Kier alpha value is -0.610. The van der Waals surface area contributed by atoms with E-state index in [9.17, 15) is 9.90 Å². The molecule has 0 aromatic rings. The van der Waals surface area contributed by atoms with Crippen LogP contribution in [-0.2, 0) is 4.79 Å². The highest BCUT2D eigenvalue weighted by molar-refractivity contribution is 5.75. The van der Waals surface area contributed by atoms with Gasteiger partial charge in [-0.2, -0.15) is 0 Å². The van der Waals surface area contributed by atoms with E-state index in [1.807, 2.05) is 0 Å². The molecule has 0 aromatic heterocycles. The molecule has 17 heavy (non-hydrogen) atoms. The number of hydrogen-bond donors (Lipinski definition) is 1. The number of carbonyl (C=O) groups is 1. The number of amides is 1. The molecule has 0 saturated heterocycles. The van der Waals surface area contributed by atoms with Gasteiger partial charge in [-0.05, 0) is 32.9 Å². The zero-order valence-electron chi connectivity index (χ0n) is 11.4. The van der Waals surface area contributed by atoms with Gasteiger partial charge in [0.25, 0.3) is 0 Å². The van der Waals surface area contributed by atoms with Crippen LogP contribution in [0.3, 0.4) is 0 Å². The molecule has 0 bridgehead atoms. The van der Waals surface area contributed by atoms with Crippen LogP contribution < -0.4 is 0 Å². The topological polar surface area (TPSA) is 43.8 Å². The first-order valence-corrected chi connectivity index (χ1v) is 6.61. The number of likely N-dealkylation sites (N-methyl/N-ethyl adjacent to an activating group) is 1. The van der Waals surface area contributed by atoms with E-state index in [4.69, 9.17) is 0 Å². The fourth-order valence-electron chi connectivity index (χ4n) is 2.47. The van der Waals surface area contributed by atoms with Crippen molar-refractivity contribution in [3.8, 4) is 0 Å². The number of nitrogens with zero attached hydrogens (tertiary/aromatic N) is 2. The average molecular weight is 242 g/mol. The second-order valence-electron chi connectivity index (χ2n) is 5.29. The minimum Gasteiger partial charge on any atom is -0.391 e. The number of aliphatic hydroxyl groups excluding tert-OH is 1. The van der Waals surface area contributed by atoms with Crippen LogP contribution in [-0.4, -0.2) is 60.6 Å². The molecule has 1 rings (SSSR count). The standard InChI is InChI=1S/C13H26N2O2/c1-14(2)13(17)9-6-10-15(3)11-7-4-5-8-12(11)16/h11-12,16H,4-10H2,1-3H3. The molecule has 4 heteroatoms. The Morgan fingerprint density at radius 3 is 2.47 bits per heavy atom. The highest BCUT2D eigenvalue weighted by Crippen LogP contribution is 2.22. The van der Waals surface area contributed by atoms with Gasteiger partial charge >= 0.3 is 0 Å². The molecule has 1 amide bonds. The lowest BCUT2D eigenvalue weighted by atomic mass is 9.91. The van der Waals surface area contributed by atoms with E-state index in [0.717, 1.165) is 32.2 Å². The van der Waals surface area contributed by atoms with Crippen molar-refractivity contribution in [1.29, 1.82) is 0 Å². The van der Waals surface area contributed by atoms with E-state index in [0.29, 0.717) is 12.5 Å². The molecule has 0 spiro atoms. The Morgan fingerprint density at radius 1 is 1.24 bits per heavy atom. The predicted molar refractivity (Wildman–Crippen MR) is 68.8 cm³/mol. The van der Waals surface area contributed by atoms with Crippen LogP contribution in [0, 0.1) is 0 Å². The van der Waals surface area contributed by atoms with Gasteiger partial charge in [-0.3, -0.25) is 4.79 Å². The molecule has 100 valence electrons. The normalized spacial score (nSPS) is 25.0. The minimum atomic E-state index is -0.182. The van der Waals surface area contributed by atoms with Gasteiger partial charge in [0.05, 0.1) is 6.10 Å². The summed E-state index contributed by atoms with van der Waals surface area (Å²) in [5.41, 5.74) is 0. The molecule has 4 nitrogen and oxygen atoms in total. The third kappa shape index (κ3) is 4.64. The Labute approximate surface area is 105 Å². The summed E-state index contributed by atoms with van der Waals surface area (Å²) in [4.78, 5) is 15.3. The maximum absolute atomic E-state index is 11.4. The van der Waals surface area contributed by atoms with Crippen molar-refractivity contribution < 1.29 is 9.90 Å². The highest BCUT2D eigenvalue weighted by Gasteiger charge is 2.26.